The monoisotopic (exact) mass is 305 g/mol. The van der Waals surface area contributed by atoms with E-state index in [2.05, 4.69) is 17.5 Å². The van der Waals surface area contributed by atoms with Crippen LogP contribution in [-0.2, 0) is 5.75 Å². The van der Waals surface area contributed by atoms with E-state index in [4.69, 9.17) is 0 Å². The summed E-state index contributed by atoms with van der Waals surface area (Å²) in [6, 6.07) is 12.3. The zero-order valence-electron chi connectivity index (χ0n) is 12.0. The summed E-state index contributed by atoms with van der Waals surface area (Å²) in [5.41, 5.74) is 0.797. The standard InChI is InChI=1S/C16H19NOS2/c1-12(2)17(3)16(18)14-8-4-5-9-15(14)20-11-13-7-6-10-19-13/h4-10,12H,11H2,1-3H3. The maximum atomic E-state index is 12.5. The Hall–Kier alpha value is -1.26. The number of hydrogen-bond donors (Lipinski definition) is 0. The van der Waals surface area contributed by atoms with E-state index in [1.807, 2.05) is 45.2 Å². The Morgan fingerprint density at radius 2 is 2.00 bits per heavy atom. The predicted octanol–water partition coefficient (Wildman–Crippen LogP) is 4.52. The molecule has 0 aliphatic rings. The first-order valence-electron chi connectivity index (χ1n) is 6.61. The molecule has 0 saturated heterocycles. The summed E-state index contributed by atoms with van der Waals surface area (Å²) in [5.74, 6) is 1.00. The van der Waals surface area contributed by atoms with Crippen LogP contribution in [0, 0.1) is 0 Å². The van der Waals surface area contributed by atoms with Crippen LogP contribution < -0.4 is 0 Å². The molecule has 2 nitrogen and oxygen atoms in total. The number of hydrogen-bond acceptors (Lipinski definition) is 3. The summed E-state index contributed by atoms with van der Waals surface area (Å²) in [4.78, 5) is 16.6. The van der Waals surface area contributed by atoms with Gasteiger partial charge in [0.05, 0.1) is 5.56 Å². The lowest BCUT2D eigenvalue weighted by Gasteiger charge is -2.22. The van der Waals surface area contributed by atoms with Gasteiger partial charge in [0.1, 0.15) is 0 Å². The number of nitrogens with zero attached hydrogens (tertiary/aromatic N) is 1. The number of thiophene rings is 1. The third kappa shape index (κ3) is 3.64. The number of carbonyl (C=O) groups excluding carboxylic acids is 1. The van der Waals surface area contributed by atoms with E-state index in [0.29, 0.717) is 0 Å². The van der Waals surface area contributed by atoms with Crippen molar-refractivity contribution in [2.24, 2.45) is 0 Å². The second-order valence-electron chi connectivity index (χ2n) is 4.87. The van der Waals surface area contributed by atoms with E-state index in [1.165, 1.54) is 4.88 Å². The molecule has 106 valence electrons. The number of amides is 1. The molecule has 0 aliphatic carbocycles. The van der Waals surface area contributed by atoms with Gasteiger partial charge in [0, 0.05) is 28.6 Å². The van der Waals surface area contributed by atoms with Crippen LogP contribution in [0.4, 0.5) is 0 Å². The van der Waals surface area contributed by atoms with E-state index < -0.39 is 0 Å². The van der Waals surface area contributed by atoms with Crippen molar-refractivity contribution in [2.75, 3.05) is 7.05 Å². The van der Waals surface area contributed by atoms with Crippen LogP contribution in [-0.4, -0.2) is 23.9 Å². The summed E-state index contributed by atoms with van der Waals surface area (Å²) >= 11 is 3.48. The fraction of sp³-hybridized carbons (Fsp3) is 0.312. The summed E-state index contributed by atoms with van der Waals surface area (Å²) in [6.45, 7) is 4.05. The normalized spacial score (nSPS) is 10.8. The van der Waals surface area contributed by atoms with E-state index >= 15 is 0 Å². The highest BCUT2D eigenvalue weighted by Crippen LogP contribution is 2.28. The van der Waals surface area contributed by atoms with Gasteiger partial charge in [0.2, 0.25) is 0 Å². The molecule has 0 atom stereocenters. The molecule has 1 aromatic heterocycles. The second kappa shape index (κ2) is 6.95. The predicted molar refractivity (Wildman–Crippen MR) is 87.6 cm³/mol. The highest BCUT2D eigenvalue weighted by molar-refractivity contribution is 7.98. The molecular formula is C16H19NOS2. The van der Waals surface area contributed by atoms with Crippen molar-refractivity contribution in [1.29, 1.82) is 0 Å². The lowest BCUT2D eigenvalue weighted by molar-refractivity contribution is 0.0751. The van der Waals surface area contributed by atoms with Crippen molar-refractivity contribution < 1.29 is 4.79 Å². The molecule has 0 radical (unpaired) electrons. The minimum atomic E-state index is 0.0919. The summed E-state index contributed by atoms with van der Waals surface area (Å²) in [5, 5.41) is 2.08. The van der Waals surface area contributed by atoms with Crippen LogP contribution in [0.3, 0.4) is 0 Å². The lowest BCUT2D eigenvalue weighted by atomic mass is 10.2. The molecule has 0 fully saturated rings. The van der Waals surface area contributed by atoms with E-state index in [0.717, 1.165) is 16.2 Å². The Morgan fingerprint density at radius 1 is 1.25 bits per heavy atom. The second-order valence-corrected chi connectivity index (χ2v) is 6.92. The molecule has 0 aliphatic heterocycles. The van der Waals surface area contributed by atoms with Gasteiger partial charge in [0.25, 0.3) is 5.91 Å². The molecule has 2 rings (SSSR count). The van der Waals surface area contributed by atoms with Crippen molar-refractivity contribution in [3.8, 4) is 0 Å². The minimum Gasteiger partial charge on any atom is -0.339 e. The van der Waals surface area contributed by atoms with Crippen LogP contribution >= 0.6 is 23.1 Å². The quantitative estimate of drug-likeness (QED) is 0.757. The Bertz CT molecular complexity index is 564. The zero-order valence-corrected chi connectivity index (χ0v) is 13.6. The van der Waals surface area contributed by atoms with E-state index in [1.54, 1.807) is 28.0 Å². The third-order valence-electron chi connectivity index (χ3n) is 3.16. The van der Waals surface area contributed by atoms with Crippen molar-refractivity contribution in [3.05, 3.63) is 52.2 Å². The van der Waals surface area contributed by atoms with Gasteiger partial charge in [-0.15, -0.1) is 23.1 Å². The Balaban J connectivity index is 2.15. The van der Waals surface area contributed by atoms with Gasteiger partial charge in [-0.25, -0.2) is 0 Å². The highest BCUT2D eigenvalue weighted by Gasteiger charge is 2.17. The third-order valence-corrected chi connectivity index (χ3v) is 5.34. The van der Waals surface area contributed by atoms with Gasteiger partial charge in [0.15, 0.2) is 0 Å². The minimum absolute atomic E-state index is 0.0919. The first kappa shape index (κ1) is 15.1. The summed E-state index contributed by atoms with van der Waals surface area (Å²) in [7, 11) is 1.85. The van der Waals surface area contributed by atoms with Gasteiger partial charge in [-0.3, -0.25) is 4.79 Å². The maximum absolute atomic E-state index is 12.5. The lowest BCUT2D eigenvalue weighted by Crippen LogP contribution is -2.33. The molecule has 0 N–H and O–H groups in total. The van der Waals surface area contributed by atoms with Crippen molar-refractivity contribution in [2.45, 2.75) is 30.5 Å². The van der Waals surface area contributed by atoms with Crippen molar-refractivity contribution in [3.63, 3.8) is 0 Å². The molecule has 0 saturated carbocycles. The first-order chi connectivity index (χ1) is 9.59. The molecule has 1 aromatic carbocycles. The van der Waals surface area contributed by atoms with Crippen LogP contribution in [0.25, 0.3) is 0 Å². The van der Waals surface area contributed by atoms with E-state index in [-0.39, 0.29) is 11.9 Å². The van der Waals surface area contributed by atoms with Gasteiger partial charge in [-0.05, 0) is 37.4 Å². The van der Waals surface area contributed by atoms with Crippen LogP contribution in [0.2, 0.25) is 0 Å². The highest BCUT2D eigenvalue weighted by atomic mass is 32.2. The smallest absolute Gasteiger partial charge is 0.254 e. The summed E-state index contributed by atoms with van der Waals surface area (Å²) < 4.78 is 0. The SMILES string of the molecule is CC(C)N(C)C(=O)c1ccccc1SCc1cccs1. The van der Waals surface area contributed by atoms with E-state index in [9.17, 15) is 4.79 Å². The Kier molecular flexibility index (Phi) is 5.26. The van der Waals surface area contributed by atoms with Gasteiger partial charge in [-0.1, -0.05) is 18.2 Å². The molecule has 1 heterocycles. The fourth-order valence-electron chi connectivity index (χ4n) is 1.74. The first-order valence-corrected chi connectivity index (χ1v) is 8.47. The number of rotatable bonds is 5. The molecule has 4 heteroatoms. The molecule has 1 amide bonds. The van der Waals surface area contributed by atoms with Crippen molar-refractivity contribution >= 4 is 29.0 Å². The van der Waals surface area contributed by atoms with Crippen LogP contribution in [0.15, 0.2) is 46.7 Å². The van der Waals surface area contributed by atoms with Gasteiger partial charge >= 0.3 is 0 Å². The summed E-state index contributed by atoms with van der Waals surface area (Å²) in [6.07, 6.45) is 0. The fourth-order valence-corrected chi connectivity index (χ4v) is 3.55. The molecular weight excluding hydrogens is 286 g/mol. The molecule has 2 aromatic rings. The average Bonchev–Trinajstić information content (AvgIpc) is 2.97. The largest absolute Gasteiger partial charge is 0.339 e. The van der Waals surface area contributed by atoms with Gasteiger partial charge in [-0.2, -0.15) is 0 Å². The van der Waals surface area contributed by atoms with Gasteiger partial charge < -0.3 is 4.90 Å². The maximum Gasteiger partial charge on any atom is 0.254 e. The number of thioether (sulfide) groups is 1. The van der Waals surface area contributed by atoms with Crippen LogP contribution in [0.1, 0.15) is 29.1 Å². The molecule has 0 spiro atoms. The molecule has 0 unspecified atom stereocenters. The molecule has 0 bridgehead atoms. The topological polar surface area (TPSA) is 20.3 Å². The number of carbonyl (C=O) groups is 1. The van der Waals surface area contributed by atoms with Crippen molar-refractivity contribution in [1.82, 2.24) is 4.90 Å². The Morgan fingerprint density at radius 3 is 2.65 bits per heavy atom. The number of benzene rings is 1. The average molecular weight is 305 g/mol. The van der Waals surface area contributed by atoms with Crippen LogP contribution in [0.5, 0.6) is 0 Å². The molecule has 20 heavy (non-hydrogen) atoms. The Labute approximate surface area is 128 Å². The zero-order chi connectivity index (χ0) is 14.5.